The van der Waals surface area contributed by atoms with Gasteiger partial charge in [-0.2, -0.15) is 0 Å². The van der Waals surface area contributed by atoms with Gasteiger partial charge >= 0.3 is 0 Å². The minimum Gasteiger partial charge on any atom is -0.271 e. The zero-order valence-corrected chi connectivity index (χ0v) is 11.7. The standard InChI is InChI=1S/C12H14BrN3S/c13-11-3-6-17-12(11)8-10(16-14)7-9-1-4-15-5-2-9/h1-6,10,16H,7-8,14H2. The summed E-state index contributed by atoms with van der Waals surface area (Å²) in [5.41, 5.74) is 4.13. The Balaban J connectivity index is 2.00. The highest BCUT2D eigenvalue weighted by Crippen LogP contribution is 2.24. The van der Waals surface area contributed by atoms with Crippen molar-refractivity contribution in [1.82, 2.24) is 10.4 Å². The van der Waals surface area contributed by atoms with Gasteiger partial charge in [0, 0.05) is 27.8 Å². The predicted octanol–water partition coefficient (Wildman–Crippen LogP) is 2.52. The summed E-state index contributed by atoms with van der Waals surface area (Å²) in [7, 11) is 0. The average Bonchev–Trinajstić information content (AvgIpc) is 2.75. The van der Waals surface area contributed by atoms with E-state index in [4.69, 9.17) is 5.84 Å². The van der Waals surface area contributed by atoms with E-state index in [0.717, 1.165) is 17.3 Å². The third-order valence-electron chi connectivity index (χ3n) is 2.59. The van der Waals surface area contributed by atoms with Crippen LogP contribution < -0.4 is 11.3 Å². The van der Waals surface area contributed by atoms with Gasteiger partial charge in [0.2, 0.25) is 0 Å². The molecule has 5 heteroatoms. The Morgan fingerprint density at radius 1 is 1.29 bits per heavy atom. The molecular formula is C12H14BrN3S. The fourth-order valence-electron chi connectivity index (χ4n) is 1.69. The number of thiophene rings is 1. The van der Waals surface area contributed by atoms with Crippen LogP contribution in [-0.4, -0.2) is 11.0 Å². The van der Waals surface area contributed by atoms with Gasteiger partial charge in [-0.1, -0.05) is 0 Å². The number of rotatable bonds is 5. The van der Waals surface area contributed by atoms with Crippen LogP contribution >= 0.6 is 27.3 Å². The van der Waals surface area contributed by atoms with Crippen molar-refractivity contribution >= 4 is 27.3 Å². The van der Waals surface area contributed by atoms with Gasteiger partial charge in [-0.05, 0) is 57.9 Å². The van der Waals surface area contributed by atoms with Crippen LogP contribution in [0.3, 0.4) is 0 Å². The number of nitrogens with one attached hydrogen (secondary N) is 1. The van der Waals surface area contributed by atoms with Gasteiger partial charge in [0.1, 0.15) is 0 Å². The number of hydrogen-bond donors (Lipinski definition) is 2. The number of nitrogens with two attached hydrogens (primary N) is 1. The quantitative estimate of drug-likeness (QED) is 0.659. The fourth-order valence-corrected chi connectivity index (χ4v) is 3.28. The van der Waals surface area contributed by atoms with E-state index in [0.29, 0.717) is 0 Å². The van der Waals surface area contributed by atoms with E-state index in [9.17, 15) is 0 Å². The second-order valence-corrected chi connectivity index (χ2v) is 5.67. The molecule has 3 nitrogen and oxygen atoms in total. The maximum Gasteiger partial charge on any atom is 0.0314 e. The summed E-state index contributed by atoms with van der Waals surface area (Å²) in [5.74, 6) is 5.61. The molecule has 2 rings (SSSR count). The Morgan fingerprint density at radius 3 is 2.65 bits per heavy atom. The molecule has 0 saturated heterocycles. The molecule has 0 aliphatic rings. The number of halogens is 1. The first-order chi connectivity index (χ1) is 8.29. The predicted molar refractivity (Wildman–Crippen MR) is 74.8 cm³/mol. The number of hydrazine groups is 1. The summed E-state index contributed by atoms with van der Waals surface area (Å²) in [6.07, 6.45) is 5.45. The Bertz CT molecular complexity index is 458. The van der Waals surface area contributed by atoms with E-state index < -0.39 is 0 Å². The number of aromatic nitrogens is 1. The summed E-state index contributed by atoms with van der Waals surface area (Å²) in [6, 6.07) is 6.36. The zero-order valence-electron chi connectivity index (χ0n) is 9.27. The summed E-state index contributed by atoms with van der Waals surface area (Å²) in [5, 5.41) is 2.08. The topological polar surface area (TPSA) is 50.9 Å². The number of pyridine rings is 1. The summed E-state index contributed by atoms with van der Waals surface area (Å²) in [6.45, 7) is 0. The summed E-state index contributed by atoms with van der Waals surface area (Å²) < 4.78 is 1.16. The van der Waals surface area contributed by atoms with Crippen molar-refractivity contribution in [2.24, 2.45) is 5.84 Å². The Labute approximate surface area is 113 Å². The fraction of sp³-hybridized carbons (Fsp3) is 0.250. The smallest absolute Gasteiger partial charge is 0.0314 e. The molecular weight excluding hydrogens is 298 g/mol. The van der Waals surface area contributed by atoms with Gasteiger partial charge in [-0.3, -0.25) is 16.3 Å². The van der Waals surface area contributed by atoms with Crippen LogP contribution in [0.25, 0.3) is 0 Å². The van der Waals surface area contributed by atoms with Crippen LogP contribution in [0.5, 0.6) is 0 Å². The maximum atomic E-state index is 5.61. The molecule has 2 aromatic heterocycles. The van der Waals surface area contributed by atoms with Crippen LogP contribution in [0, 0.1) is 0 Å². The normalized spacial score (nSPS) is 12.6. The summed E-state index contributed by atoms with van der Waals surface area (Å²) >= 11 is 5.29. The van der Waals surface area contributed by atoms with Crippen LogP contribution in [0.4, 0.5) is 0 Å². The lowest BCUT2D eigenvalue weighted by molar-refractivity contribution is 0.525. The molecule has 3 N–H and O–H groups in total. The molecule has 0 radical (unpaired) electrons. The van der Waals surface area contributed by atoms with Crippen molar-refractivity contribution < 1.29 is 0 Å². The van der Waals surface area contributed by atoms with Gasteiger partial charge in [0.05, 0.1) is 0 Å². The Morgan fingerprint density at radius 2 is 2.06 bits per heavy atom. The van der Waals surface area contributed by atoms with Crippen molar-refractivity contribution in [3.63, 3.8) is 0 Å². The lowest BCUT2D eigenvalue weighted by atomic mass is 10.0. The third kappa shape index (κ3) is 3.61. The van der Waals surface area contributed by atoms with Gasteiger partial charge in [0.15, 0.2) is 0 Å². The van der Waals surface area contributed by atoms with E-state index in [1.807, 2.05) is 24.5 Å². The second kappa shape index (κ2) is 6.26. The molecule has 2 aromatic rings. The minimum absolute atomic E-state index is 0.243. The van der Waals surface area contributed by atoms with E-state index in [1.54, 1.807) is 11.3 Å². The maximum absolute atomic E-state index is 5.61. The van der Waals surface area contributed by atoms with Crippen molar-refractivity contribution in [3.8, 4) is 0 Å². The molecule has 0 aliphatic carbocycles. The molecule has 2 heterocycles. The Hall–Kier alpha value is -0.750. The first kappa shape index (κ1) is 12.7. The van der Waals surface area contributed by atoms with Gasteiger partial charge in [-0.15, -0.1) is 11.3 Å². The largest absolute Gasteiger partial charge is 0.271 e. The lowest BCUT2D eigenvalue weighted by Gasteiger charge is -2.15. The highest BCUT2D eigenvalue weighted by Gasteiger charge is 2.11. The monoisotopic (exact) mass is 311 g/mol. The van der Waals surface area contributed by atoms with E-state index in [2.05, 4.69) is 37.8 Å². The molecule has 90 valence electrons. The van der Waals surface area contributed by atoms with Crippen molar-refractivity contribution in [3.05, 3.63) is 50.9 Å². The van der Waals surface area contributed by atoms with Crippen LogP contribution in [0.1, 0.15) is 10.4 Å². The van der Waals surface area contributed by atoms with E-state index in [-0.39, 0.29) is 6.04 Å². The Kier molecular flexibility index (Phi) is 4.67. The minimum atomic E-state index is 0.243. The number of hydrogen-bond acceptors (Lipinski definition) is 4. The highest BCUT2D eigenvalue weighted by atomic mass is 79.9. The van der Waals surface area contributed by atoms with Gasteiger partial charge < -0.3 is 0 Å². The van der Waals surface area contributed by atoms with Crippen molar-refractivity contribution in [2.45, 2.75) is 18.9 Å². The van der Waals surface area contributed by atoms with Crippen molar-refractivity contribution in [1.29, 1.82) is 0 Å². The first-order valence-electron chi connectivity index (χ1n) is 5.36. The highest BCUT2D eigenvalue weighted by molar-refractivity contribution is 9.10. The molecule has 0 spiro atoms. The van der Waals surface area contributed by atoms with E-state index in [1.165, 1.54) is 10.4 Å². The second-order valence-electron chi connectivity index (χ2n) is 3.82. The summed E-state index contributed by atoms with van der Waals surface area (Å²) in [4.78, 5) is 5.33. The molecule has 0 amide bonds. The van der Waals surface area contributed by atoms with Crippen LogP contribution in [-0.2, 0) is 12.8 Å². The molecule has 0 aromatic carbocycles. The average molecular weight is 312 g/mol. The molecule has 17 heavy (non-hydrogen) atoms. The molecule has 0 saturated carbocycles. The molecule has 0 fully saturated rings. The first-order valence-corrected chi connectivity index (χ1v) is 7.03. The molecule has 1 unspecified atom stereocenters. The van der Waals surface area contributed by atoms with E-state index >= 15 is 0 Å². The van der Waals surface area contributed by atoms with Crippen molar-refractivity contribution in [2.75, 3.05) is 0 Å². The van der Waals surface area contributed by atoms with Gasteiger partial charge in [0.25, 0.3) is 0 Å². The zero-order chi connectivity index (χ0) is 12.1. The third-order valence-corrected chi connectivity index (χ3v) is 4.54. The van der Waals surface area contributed by atoms with Gasteiger partial charge in [-0.25, -0.2) is 0 Å². The molecule has 1 atom stereocenters. The molecule has 0 bridgehead atoms. The number of nitrogens with zero attached hydrogens (tertiary/aromatic N) is 1. The lowest BCUT2D eigenvalue weighted by Crippen LogP contribution is -2.38. The van der Waals surface area contributed by atoms with Crippen LogP contribution in [0.15, 0.2) is 40.4 Å². The molecule has 0 aliphatic heterocycles. The SMILES string of the molecule is NNC(Cc1ccncc1)Cc1sccc1Br. The van der Waals surface area contributed by atoms with Crippen LogP contribution in [0.2, 0.25) is 0 Å².